The van der Waals surface area contributed by atoms with Gasteiger partial charge in [0, 0.05) is 12.6 Å². The molecule has 0 heterocycles. The second-order valence-electron chi connectivity index (χ2n) is 4.32. The maximum atomic E-state index is 5.70. The van der Waals surface area contributed by atoms with Gasteiger partial charge in [0.05, 0.1) is 6.10 Å². The lowest BCUT2D eigenvalue weighted by Crippen LogP contribution is -2.33. The normalized spacial score (nSPS) is 12.7. The van der Waals surface area contributed by atoms with Crippen molar-refractivity contribution in [3.05, 3.63) is 30.3 Å². The summed E-state index contributed by atoms with van der Waals surface area (Å²) in [6.45, 7) is 5.53. The van der Waals surface area contributed by atoms with Crippen LogP contribution in [0, 0.1) is 0 Å². The van der Waals surface area contributed by atoms with Gasteiger partial charge in [-0.3, -0.25) is 0 Å². The number of nitrogens with one attached hydrogen (secondary N) is 1. The van der Waals surface area contributed by atoms with E-state index in [9.17, 15) is 0 Å². The molecule has 1 N–H and O–H groups in total. The van der Waals surface area contributed by atoms with Crippen LogP contribution in [0.15, 0.2) is 30.3 Å². The first-order chi connectivity index (χ1) is 8.22. The quantitative estimate of drug-likeness (QED) is 0.753. The molecule has 0 aliphatic rings. The van der Waals surface area contributed by atoms with Crippen molar-refractivity contribution in [2.24, 2.45) is 0 Å². The number of likely N-dealkylation sites (N-methyl/N-ethyl adjacent to an activating group) is 1. The zero-order valence-corrected chi connectivity index (χ0v) is 11.0. The first-order valence-corrected chi connectivity index (χ1v) is 6.19. The molecule has 3 heteroatoms. The third kappa shape index (κ3) is 6.29. The summed E-state index contributed by atoms with van der Waals surface area (Å²) in [5.74, 6) is 0.914. The van der Waals surface area contributed by atoms with E-state index >= 15 is 0 Å². The number of para-hydroxylation sites is 1. The van der Waals surface area contributed by atoms with Crippen molar-refractivity contribution < 1.29 is 9.47 Å². The number of benzene rings is 1. The molecular weight excluding hydrogens is 214 g/mol. The molecule has 1 aromatic rings. The molecule has 1 atom stereocenters. The van der Waals surface area contributed by atoms with E-state index in [4.69, 9.17) is 9.47 Å². The van der Waals surface area contributed by atoms with Gasteiger partial charge in [0.2, 0.25) is 0 Å². The SMILES string of the molecule is CNC(CCOC(C)C)COc1ccccc1. The van der Waals surface area contributed by atoms with E-state index in [1.165, 1.54) is 0 Å². The molecule has 0 aliphatic heterocycles. The zero-order chi connectivity index (χ0) is 12.5. The van der Waals surface area contributed by atoms with Gasteiger partial charge in [-0.1, -0.05) is 18.2 Å². The summed E-state index contributed by atoms with van der Waals surface area (Å²) >= 11 is 0. The van der Waals surface area contributed by atoms with Gasteiger partial charge in [0.25, 0.3) is 0 Å². The lowest BCUT2D eigenvalue weighted by atomic mass is 10.2. The predicted octanol–water partition coefficient (Wildman–Crippen LogP) is 2.47. The molecule has 0 spiro atoms. The molecule has 96 valence electrons. The Bertz CT molecular complexity index is 288. The first-order valence-electron chi connectivity index (χ1n) is 6.19. The van der Waals surface area contributed by atoms with Gasteiger partial charge >= 0.3 is 0 Å². The largest absolute Gasteiger partial charge is 0.492 e. The minimum atomic E-state index is 0.294. The van der Waals surface area contributed by atoms with Crippen LogP contribution >= 0.6 is 0 Å². The van der Waals surface area contributed by atoms with E-state index in [-0.39, 0.29) is 0 Å². The van der Waals surface area contributed by atoms with Gasteiger partial charge in [-0.2, -0.15) is 0 Å². The fourth-order valence-electron chi connectivity index (χ4n) is 1.47. The summed E-state index contributed by atoms with van der Waals surface area (Å²) in [4.78, 5) is 0. The molecule has 0 saturated carbocycles. The number of hydrogen-bond donors (Lipinski definition) is 1. The Morgan fingerprint density at radius 3 is 2.47 bits per heavy atom. The Morgan fingerprint density at radius 2 is 1.88 bits per heavy atom. The monoisotopic (exact) mass is 237 g/mol. The number of rotatable bonds is 8. The molecule has 0 amide bonds. The van der Waals surface area contributed by atoms with Crippen LogP contribution in [-0.2, 0) is 4.74 Å². The standard InChI is InChI=1S/C14H23NO2/c1-12(2)16-10-9-13(15-3)11-17-14-7-5-4-6-8-14/h4-8,12-13,15H,9-11H2,1-3H3. The Balaban J connectivity index is 2.23. The smallest absolute Gasteiger partial charge is 0.119 e. The van der Waals surface area contributed by atoms with Crippen LogP contribution in [0.3, 0.4) is 0 Å². The minimum absolute atomic E-state index is 0.294. The van der Waals surface area contributed by atoms with Crippen molar-refractivity contribution >= 4 is 0 Å². The maximum absolute atomic E-state index is 5.70. The highest BCUT2D eigenvalue weighted by molar-refractivity contribution is 5.20. The van der Waals surface area contributed by atoms with Crippen LogP contribution in [0.25, 0.3) is 0 Å². The molecule has 1 unspecified atom stereocenters. The van der Waals surface area contributed by atoms with Crippen LogP contribution in [0.5, 0.6) is 5.75 Å². The Labute approximate surface area is 104 Å². The zero-order valence-electron chi connectivity index (χ0n) is 11.0. The van der Waals surface area contributed by atoms with E-state index in [1.54, 1.807) is 0 Å². The van der Waals surface area contributed by atoms with Crippen LogP contribution in [-0.4, -0.2) is 32.4 Å². The van der Waals surface area contributed by atoms with E-state index in [0.717, 1.165) is 18.8 Å². The summed E-state index contributed by atoms with van der Waals surface area (Å²) in [7, 11) is 1.95. The first kappa shape index (κ1) is 14.0. The Hall–Kier alpha value is -1.06. The summed E-state index contributed by atoms with van der Waals surface area (Å²) < 4.78 is 11.2. The average Bonchev–Trinajstić information content (AvgIpc) is 2.34. The summed E-state index contributed by atoms with van der Waals surface area (Å²) in [6.07, 6.45) is 1.25. The highest BCUT2D eigenvalue weighted by Gasteiger charge is 2.07. The molecule has 1 aromatic carbocycles. The van der Waals surface area contributed by atoms with Gasteiger partial charge in [0.15, 0.2) is 0 Å². The lowest BCUT2D eigenvalue weighted by molar-refractivity contribution is 0.0682. The van der Waals surface area contributed by atoms with Crippen molar-refractivity contribution in [1.29, 1.82) is 0 Å². The molecule has 0 bridgehead atoms. The van der Waals surface area contributed by atoms with Crippen LogP contribution in [0.4, 0.5) is 0 Å². The summed E-state index contributed by atoms with van der Waals surface area (Å²) in [6, 6.07) is 10.2. The molecule has 0 saturated heterocycles. The van der Waals surface area contributed by atoms with Gasteiger partial charge in [0.1, 0.15) is 12.4 Å². The Kier molecular flexibility index (Phi) is 6.67. The fraction of sp³-hybridized carbons (Fsp3) is 0.571. The van der Waals surface area contributed by atoms with Gasteiger partial charge < -0.3 is 14.8 Å². The van der Waals surface area contributed by atoms with Crippen LogP contribution in [0.1, 0.15) is 20.3 Å². The molecule has 0 aromatic heterocycles. The van der Waals surface area contributed by atoms with Gasteiger partial charge in [-0.25, -0.2) is 0 Å². The molecule has 0 aliphatic carbocycles. The van der Waals surface area contributed by atoms with E-state index in [0.29, 0.717) is 18.8 Å². The molecule has 1 rings (SSSR count). The van der Waals surface area contributed by atoms with E-state index in [2.05, 4.69) is 19.2 Å². The van der Waals surface area contributed by atoms with Gasteiger partial charge in [-0.15, -0.1) is 0 Å². The number of hydrogen-bond acceptors (Lipinski definition) is 3. The Morgan fingerprint density at radius 1 is 1.18 bits per heavy atom. The van der Waals surface area contributed by atoms with Crippen molar-refractivity contribution in [3.8, 4) is 5.75 Å². The molecular formula is C14H23NO2. The van der Waals surface area contributed by atoms with Crippen molar-refractivity contribution in [3.63, 3.8) is 0 Å². The van der Waals surface area contributed by atoms with Crippen molar-refractivity contribution in [2.45, 2.75) is 32.4 Å². The molecule has 0 radical (unpaired) electrons. The van der Waals surface area contributed by atoms with Crippen molar-refractivity contribution in [2.75, 3.05) is 20.3 Å². The van der Waals surface area contributed by atoms with Crippen LogP contribution in [0.2, 0.25) is 0 Å². The van der Waals surface area contributed by atoms with Crippen molar-refractivity contribution in [1.82, 2.24) is 5.32 Å². The topological polar surface area (TPSA) is 30.5 Å². The van der Waals surface area contributed by atoms with E-state index < -0.39 is 0 Å². The second kappa shape index (κ2) is 8.09. The highest BCUT2D eigenvalue weighted by atomic mass is 16.5. The second-order valence-corrected chi connectivity index (χ2v) is 4.32. The highest BCUT2D eigenvalue weighted by Crippen LogP contribution is 2.09. The third-order valence-corrected chi connectivity index (χ3v) is 2.52. The lowest BCUT2D eigenvalue weighted by Gasteiger charge is -2.17. The van der Waals surface area contributed by atoms with Crippen LogP contribution < -0.4 is 10.1 Å². The average molecular weight is 237 g/mol. The minimum Gasteiger partial charge on any atom is -0.492 e. The van der Waals surface area contributed by atoms with Gasteiger partial charge in [-0.05, 0) is 39.4 Å². The maximum Gasteiger partial charge on any atom is 0.119 e. The number of ether oxygens (including phenoxy) is 2. The molecule has 0 fully saturated rings. The molecule has 3 nitrogen and oxygen atoms in total. The third-order valence-electron chi connectivity index (χ3n) is 2.52. The predicted molar refractivity (Wildman–Crippen MR) is 70.5 cm³/mol. The summed E-state index contributed by atoms with van der Waals surface area (Å²) in [5.41, 5.74) is 0. The fourth-order valence-corrected chi connectivity index (χ4v) is 1.47. The summed E-state index contributed by atoms with van der Waals surface area (Å²) in [5, 5.41) is 3.24. The molecule has 17 heavy (non-hydrogen) atoms. The van der Waals surface area contributed by atoms with E-state index in [1.807, 2.05) is 37.4 Å².